The maximum Gasteiger partial charge on any atom is 0.253 e. The molecule has 4 heteroatoms. The number of hydrogen-bond donors (Lipinski definition) is 1. The Hall–Kier alpha value is -1.81. The molecule has 106 valence electrons. The Morgan fingerprint density at radius 3 is 2.75 bits per heavy atom. The van der Waals surface area contributed by atoms with Crippen molar-refractivity contribution in [2.75, 3.05) is 12.8 Å². The van der Waals surface area contributed by atoms with Crippen LogP contribution in [-0.4, -0.2) is 23.9 Å². The van der Waals surface area contributed by atoms with E-state index in [-0.39, 0.29) is 11.9 Å². The predicted molar refractivity (Wildman–Crippen MR) is 85.2 cm³/mol. The molecule has 0 fully saturated rings. The summed E-state index contributed by atoms with van der Waals surface area (Å²) in [6.45, 7) is 4.00. The third kappa shape index (κ3) is 3.20. The van der Waals surface area contributed by atoms with E-state index in [2.05, 4.69) is 18.4 Å². The Morgan fingerprint density at radius 1 is 1.40 bits per heavy atom. The van der Waals surface area contributed by atoms with Crippen LogP contribution in [0.25, 0.3) is 0 Å². The second-order valence-corrected chi connectivity index (χ2v) is 6.15. The molecule has 20 heavy (non-hydrogen) atoms. The quantitative estimate of drug-likeness (QED) is 0.877. The summed E-state index contributed by atoms with van der Waals surface area (Å²) in [7, 11) is 1.84. The molecule has 0 aliphatic rings. The second kappa shape index (κ2) is 6.09. The lowest BCUT2D eigenvalue weighted by molar-refractivity contribution is 0.0744. The van der Waals surface area contributed by atoms with E-state index < -0.39 is 0 Å². The Morgan fingerprint density at radius 2 is 2.15 bits per heavy atom. The van der Waals surface area contributed by atoms with Gasteiger partial charge >= 0.3 is 0 Å². The van der Waals surface area contributed by atoms with Crippen LogP contribution in [0.1, 0.15) is 27.7 Å². The molecule has 0 spiro atoms. The molecule has 0 unspecified atom stereocenters. The average Bonchev–Trinajstić information content (AvgIpc) is 2.93. The molecular formula is C16H20N2OS. The molecule has 2 aromatic rings. The third-order valence-electron chi connectivity index (χ3n) is 3.58. The summed E-state index contributed by atoms with van der Waals surface area (Å²) in [4.78, 5) is 15.5. The predicted octanol–water partition coefficient (Wildman–Crippen LogP) is 3.34. The number of anilines is 1. The second-order valence-electron chi connectivity index (χ2n) is 5.12. The zero-order valence-electron chi connectivity index (χ0n) is 12.1. The van der Waals surface area contributed by atoms with Gasteiger partial charge in [-0.05, 0) is 43.0 Å². The molecule has 0 bridgehead atoms. The summed E-state index contributed by atoms with van der Waals surface area (Å²) in [5.74, 6) is 0.0146. The SMILES string of the molecule is Cc1ccc(C(=O)N(C)[C@H](C)Cc2cccs2)cc1N. The van der Waals surface area contributed by atoms with E-state index in [0.29, 0.717) is 11.3 Å². The minimum Gasteiger partial charge on any atom is -0.398 e. The van der Waals surface area contributed by atoms with Crippen molar-refractivity contribution in [3.63, 3.8) is 0 Å². The van der Waals surface area contributed by atoms with Gasteiger partial charge in [0.25, 0.3) is 5.91 Å². The maximum atomic E-state index is 12.5. The van der Waals surface area contributed by atoms with Gasteiger partial charge in [-0.3, -0.25) is 4.79 Å². The van der Waals surface area contributed by atoms with Crippen molar-refractivity contribution in [3.05, 3.63) is 51.7 Å². The van der Waals surface area contributed by atoms with Crippen molar-refractivity contribution in [2.45, 2.75) is 26.3 Å². The minimum atomic E-state index is 0.0146. The highest BCUT2D eigenvalue weighted by molar-refractivity contribution is 7.09. The van der Waals surface area contributed by atoms with Crippen LogP contribution in [-0.2, 0) is 6.42 Å². The van der Waals surface area contributed by atoms with Crippen molar-refractivity contribution in [3.8, 4) is 0 Å². The Kier molecular flexibility index (Phi) is 4.45. The summed E-state index contributed by atoms with van der Waals surface area (Å²) in [5, 5.41) is 2.06. The number of nitrogens with zero attached hydrogens (tertiary/aromatic N) is 1. The number of nitrogen functional groups attached to an aromatic ring is 1. The van der Waals surface area contributed by atoms with E-state index in [0.717, 1.165) is 12.0 Å². The summed E-state index contributed by atoms with van der Waals surface area (Å²) < 4.78 is 0. The molecule has 3 nitrogen and oxygen atoms in total. The fraction of sp³-hybridized carbons (Fsp3) is 0.312. The van der Waals surface area contributed by atoms with Crippen molar-refractivity contribution < 1.29 is 4.79 Å². The minimum absolute atomic E-state index is 0.0146. The normalized spacial score (nSPS) is 12.2. The fourth-order valence-corrected chi connectivity index (χ4v) is 2.86. The van der Waals surface area contributed by atoms with Crippen LogP contribution in [0.3, 0.4) is 0 Å². The van der Waals surface area contributed by atoms with E-state index in [1.807, 2.05) is 32.2 Å². The number of rotatable bonds is 4. The van der Waals surface area contributed by atoms with Crippen molar-refractivity contribution in [1.29, 1.82) is 0 Å². The molecular weight excluding hydrogens is 268 g/mol. The lowest BCUT2D eigenvalue weighted by Gasteiger charge is -2.25. The first-order valence-electron chi connectivity index (χ1n) is 6.64. The van der Waals surface area contributed by atoms with Gasteiger partial charge in [-0.2, -0.15) is 0 Å². The van der Waals surface area contributed by atoms with Crippen LogP contribution in [0.4, 0.5) is 5.69 Å². The molecule has 2 rings (SSSR count). The molecule has 1 aromatic carbocycles. The Labute approximate surface area is 124 Å². The highest BCUT2D eigenvalue weighted by atomic mass is 32.1. The van der Waals surface area contributed by atoms with Gasteiger partial charge in [0.05, 0.1) is 0 Å². The van der Waals surface area contributed by atoms with E-state index in [1.165, 1.54) is 4.88 Å². The first-order valence-corrected chi connectivity index (χ1v) is 7.52. The van der Waals surface area contributed by atoms with Gasteiger partial charge in [-0.25, -0.2) is 0 Å². The van der Waals surface area contributed by atoms with E-state index in [4.69, 9.17) is 5.73 Å². The Balaban J connectivity index is 2.09. The number of aryl methyl sites for hydroxylation is 1. The summed E-state index contributed by atoms with van der Waals surface area (Å²) in [6, 6.07) is 9.77. The zero-order chi connectivity index (χ0) is 14.7. The fourth-order valence-electron chi connectivity index (χ4n) is 2.03. The molecule has 2 N–H and O–H groups in total. The molecule has 1 aromatic heterocycles. The van der Waals surface area contributed by atoms with Gasteiger partial charge in [0.15, 0.2) is 0 Å². The number of likely N-dealkylation sites (N-methyl/N-ethyl adjacent to an activating group) is 1. The monoisotopic (exact) mass is 288 g/mol. The van der Waals surface area contributed by atoms with E-state index in [9.17, 15) is 4.79 Å². The third-order valence-corrected chi connectivity index (χ3v) is 4.48. The Bertz CT molecular complexity index is 593. The van der Waals surface area contributed by atoms with E-state index >= 15 is 0 Å². The van der Waals surface area contributed by atoms with Crippen LogP contribution >= 0.6 is 11.3 Å². The summed E-state index contributed by atoms with van der Waals surface area (Å²) in [6.07, 6.45) is 0.876. The average molecular weight is 288 g/mol. The van der Waals surface area contributed by atoms with E-state index in [1.54, 1.807) is 22.3 Å². The standard InChI is InChI=1S/C16H20N2OS/c1-11-6-7-13(10-15(11)17)16(19)18(3)12(2)9-14-5-4-8-20-14/h4-8,10,12H,9,17H2,1-3H3/t12-/m1/s1. The molecule has 0 radical (unpaired) electrons. The number of amides is 1. The van der Waals surface area contributed by atoms with Crippen molar-refractivity contribution >= 4 is 22.9 Å². The van der Waals surface area contributed by atoms with Crippen molar-refractivity contribution in [1.82, 2.24) is 4.90 Å². The number of nitrogens with two attached hydrogens (primary N) is 1. The van der Waals surface area contributed by atoms with Crippen LogP contribution in [0.15, 0.2) is 35.7 Å². The van der Waals surface area contributed by atoms with Gasteiger partial charge in [0.2, 0.25) is 0 Å². The highest BCUT2D eigenvalue weighted by Crippen LogP contribution is 2.17. The molecule has 0 aliphatic carbocycles. The first-order chi connectivity index (χ1) is 9.49. The largest absolute Gasteiger partial charge is 0.398 e. The number of carbonyl (C=O) groups is 1. The molecule has 1 amide bonds. The van der Waals surface area contributed by atoms with Crippen LogP contribution in [0, 0.1) is 6.92 Å². The summed E-state index contributed by atoms with van der Waals surface area (Å²) in [5.41, 5.74) is 8.18. The van der Waals surface area contributed by atoms with Crippen LogP contribution in [0.5, 0.6) is 0 Å². The first kappa shape index (κ1) is 14.6. The summed E-state index contributed by atoms with van der Waals surface area (Å²) >= 11 is 1.72. The number of benzene rings is 1. The molecule has 1 heterocycles. The maximum absolute atomic E-state index is 12.5. The van der Waals surface area contributed by atoms with Gasteiger partial charge < -0.3 is 10.6 Å². The lowest BCUT2D eigenvalue weighted by Crippen LogP contribution is -2.36. The molecule has 0 aliphatic heterocycles. The highest BCUT2D eigenvalue weighted by Gasteiger charge is 2.18. The van der Waals surface area contributed by atoms with Gasteiger partial charge in [-0.1, -0.05) is 12.1 Å². The van der Waals surface area contributed by atoms with Crippen LogP contribution < -0.4 is 5.73 Å². The topological polar surface area (TPSA) is 46.3 Å². The molecule has 0 saturated heterocycles. The number of thiophene rings is 1. The molecule has 1 atom stereocenters. The molecule has 0 saturated carbocycles. The number of hydrogen-bond acceptors (Lipinski definition) is 3. The smallest absolute Gasteiger partial charge is 0.253 e. The number of carbonyl (C=O) groups excluding carboxylic acids is 1. The van der Waals surface area contributed by atoms with Gasteiger partial charge in [0, 0.05) is 35.6 Å². The van der Waals surface area contributed by atoms with Crippen LogP contribution in [0.2, 0.25) is 0 Å². The van der Waals surface area contributed by atoms with Crippen molar-refractivity contribution in [2.24, 2.45) is 0 Å². The van der Waals surface area contributed by atoms with Gasteiger partial charge in [0.1, 0.15) is 0 Å². The zero-order valence-corrected chi connectivity index (χ0v) is 12.9. The lowest BCUT2D eigenvalue weighted by atomic mass is 10.1. The van der Waals surface area contributed by atoms with Gasteiger partial charge in [-0.15, -0.1) is 11.3 Å².